The third-order valence-electron chi connectivity index (χ3n) is 12.2. The van der Waals surface area contributed by atoms with E-state index in [4.69, 9.17) is 4.42 Å². The Hall–Kier alpha value is -4.55. The Bertz CT molecular complexity index is 1860. The monoisotopic (exact) mass is 750 g/mol. The predicted octanol–water partition coefficient (Wildman–Crippen LogP) is 5.19. The van der Waals surface area contributed by atoms with Gasteiger partial charge >= 0.3 is 17.9 Å². The molecule has 4 aromatic rings. The Morgan fingerprint density at radius 2 is 1.05 bits per heavy atom. The average Bonchev–Trinajstić information content (AvgIpc) is 4.01. The molecule has 6 unspecified atom stereocenters. The van der Waals surface area contributed by atoms with Gasteiger partial charge in [-0.2, -0.15) is 0 Å². The highest BCUT2D eigenvalue weighted by Gasteiger charge is 2.33. The Morgan fingerprint density at radius 3 is 1.51 bits per heavy atom. The second-order valence-corrected chi connectivity index (χ2v) is 16.0. The van der Waals surface area contributed by atoms with E-state index < -0.39 is 35.7 Å². The zero-order valence-corrected chi connectivity index (χ0v) is 31.4. The molecule has 3 aromatic carbocycles. The molecule has 55 heavy (non-hydrogen) atoms. The molecule has 0 spiro atoms. The SMILES string of the molecule is O=C(O)C(Cc1cccc(CN(Cc2cccc(CC(C(=O)O)C3CCNC3)c2)Cc2cccc3cc(CC(C(=O)O)C4CCNC4)oc23)c1)C1CCNC1. The van der Waals surface area contributed by atoms with Gasteiger partial charge in [0.05, 0.1) is 17.8 Å². The van der Waals surface area contributed by atoms with E-state index in [0.717, 1.165) is 90.8 Å². The molecular formula is C44H54N4O7. The molecule has 3 aliphatic heterocycles. The normalized spacial score (nSPS) is 21.6. The van der Waals surface area contributed by atoms with Gasteiger partial charge in [-0.25, -0.2) is 0 Å². The Balaban J connectivity index is 1.15. The number of hydrogen-bond donors (Lipinski definition) is 6. The van der Waals surface area contributed by atoms with Crippen LogP contribution < -0.4 is 16.0 Å². The van der Waals surface area contributed by atoms with E-state index in [9.17, 15) is 29.7 Å². The molecule has 0 aliphatic carbocycles. The first-order valence-corrected chi connectivity index (χ1v) is 19.9. The number of fused-ring (bicyclic) bond motifs is 1. The van der Waals surface area contributed by atoms with Crippen molar-refractivity contribution in [1.82, 2.24) is 20.9 Å². The Morgan fingerprint density at radius 1 is 0.600 bits per heavy atom. The van der Waals surface area contributed by atoms with E-state index in [1.54, 1.807) is 0 Å². The maximum Gasteiger partial charge on any atom is 0.307 e. The van der Waals surface area contributed by atoms with Gasteiger partial charge in [-0.3, -0.25) is 19.3 Å². The second-order valence-electron chi connectivity index (χ2n) is 16.0. The lowest BCUT2D eigenvalue weighted by atomic mass is 9.86. The van der Waals surface area contributed by atoms with Crippen molar-refractivity contribution in [3.8, 4) is 0 Å². The molecule has 292 valence electrons. The number of carbonyl (C=O) groups is 3. The van der Waals surface area contributed by atoms with Gasteiger partial charge in [0.2, 0.25) is 0 Å². The molecule has 0 saturated carbocycles. The topological polar surface area (TPSA) is 164 Å². The minimum absolute atomic E-state index is 0.0634. The summed E-state index contributed by atoms with van der Waals surface area (Å²) in [6, 6.07) is 24.6. The lowest BCUT2D eigenvalue weighted by Crippen LogP contribution is -2.27. The lowest BCUT2D eigenvalue weighted by Gasteiger charge is -2.24. The number of furan rings is 1. The molecule has 6 atom stereocenters. The predicted molar refractivity (Wildman–Crippen MR) is 209 cm³/mol. The van der Waals surface area contributed by atoms with Gasteiger partial charge in [0.15, 0.2) is 0 Å². The van der Waals surface area contributed by atoms with Crippen molar-refractivity contribution in [2.45, 2.75) is 58.2 Å². The number of benzene rings is 3. The molecule has 3 saturated heterocycles. The fourth-order valence-electron chi connectivity index (χ4n) is 9.19. The average molecular weight is 751 g/mol. The van der Waals surface area contributed by atoms with Gasteiger partial charge in [0.25, 0.3) is 0 Å². The van der Waals surface area contributed by atoms with E-state index in [0.29, 0.717) is 51.2 Å². The fourth-order valence-corrected chi connectivity index (χ4v) is 9.19. The largest absolute Gasteiger partial charge is 0.481 e. The highest BCUT2D eigenvalue weighted by Crippen LogP contribution is 2.31. The molecule has 0 radical (unpaired) electrons. The van der Waals surface area contributed by atoms with Crippen LogP contribution in [-0.2, 0) is 53.3 Å². The Kier molecular flexibility index (Phi) is 12.6. The number of carboxylic acids is 3. The van der Waals surface area contributed by atoms with Crippen molar-refractivity contribution in [3.05, 3.63) is 106 Å². The van der Waals surface area contributed by atoms with Crippen molar-refractivity contribution in [1.29, 1.82) is 0 Å². The summed E-state index contributed by atoms with van der Waals surface area (Å²) in [5.74, 6) is -2.78. The summed E-state index contributed by atoms with van der Waals surface area (Å²) >= 11 is 0. The summed E-state index contributed by atoms with van der Waals surface area (Å²) in [4.78, 5) is 39.3. The van der Waals surface area contributed by atoms with Crippen molar-refractivity contribution in [2.24, 2.45) is 35.5 Å². The zero-order chi connectivity index (χ0) is 38.3. The fraction of sp³-hybridized carbons (Fsp3) is 0.477. The number of aliphatic carboxylic acids is 3. The third kappa shape index (κ3) is 9.83. The minimum atomic E-state index is -0.797. The van der Waals surface area contributed by atoms with Gasteiger partial charge in [0.1, 0.15) is 11.3 Å². The van der Waals surface area contributed by atoms with E-state index in [1.807, 2.05) is 42.5 Å². The van der Waals surface area contributed by atoms with Crippen LogP contribution in [0.25, 0.3) is 11.0 Å². The lowest BCUT2D eigenvalue weighted by molar-refractivity contribution is -0.144. The maximum absolute atomic E-state index is 12.3. The first kappa shape index (κ1) is 38.7. The molecule has 7 rings (SSSR count). The highest BCUT2D eigenvalue weighted by molar-refractivity contribution is 5.81. The van der Waals surface area contributed by atoms with Crippen molar-refractivity contribution < 1.29 is 34.1 Å². The molecular weight excluding hydrogens is 697 g/mol. The van der Waals surface area contributed by atoms with Crippen molar-refractivity contribution in [2.75, 3.05) is 39.3 Å². The summed E-state index contributed by atoms with van der Waals surface area (Å²) in [6.45, 7) is 6.40. The van der Waals surface area contributed by atoms with Gasteiger partial charge in [-0.15, -0.1) is 0 Å². The standard InChI is InChI=1S/C44H54N4O7/c49-42(50)38(33-10-13-45-22-33)18-28-4-1-6-30(16-28)25-48(26-31-7-2-5-29(17-31)19-39(43(51)52)34-11-14-46-23-34)27-36-9-3-8-32-20-37(55-41(32)36)21-40(44(53)54)35-12-15-47-24-35/h1-9,16-17,20,33-35,38-40,45-47H,10-15,18-19,21-27H2,(H,49,50)(H,51,52)(H,53,54). The first-order valence-electron chi connectivity index (χ1n) is 19.9. The first-order chi connectivity index (χ1) is 26.7. The molecule has 0 bridgehead atoms. The van der Waals surface area contributed by atoms with Gasteiger partial charge in [-0.1, -0.05) is 66.7 Å². The van der Waals surface area contributed by atoms with Gasteiger partial charge in [-0.05, 0) is 117 Å². The number of rotatable bonds is 18. The number of nitrogens with one attached hydrogen (secondary N) is 3. The second kappa shape index (κ2) is 17.9. The van der Waals surface area contributed by atoms with Crippen LogP contribution >= 0.6 is 0 Å². The highest BCUT2D eigenvalue weighted by atomic mass is 16.4. The van der Waals surface area contributed by atoms with Crippen LogP contribution in [0.4, 0.5) is 0 Å². The number of hydrogen-bond acceptors (Lipinski definition) is 8. The van der Waals surface area contributed by atoms with Gasteiger partial charge in [0, 0.05) is 37.0 Å². The molecule has 0 amide bonds. The Labute approximate surface area is 322 Å². The number of nitrogens with zero attached hydrogens (tertiary/aromatic N) is 1. The summed E-state index contributed by atoms with van der Waals surface area (Å²) in [7, 11) is 0. The van der Waals surface area contributed by atoms with Crippen LogP contribution in [0.5, 0.6) is 0 Å². The maximum atomic E-state index is 12.3. The number of carboxylic acid groups (broad SMARTS) is 3. The van der Waals surface area contributed by atoms with Crippen molar-refractivity contribution >= 4 is 28.9 Å². The zero-order valence-electron chi connectivity index (χ0n) is 31.4. The van der Waals surface area contributed by atoms with E-state index >= 15 is 0 Å². The van der Waals surface area contributed by atoms with E-state index in [2.05, 4.69) is 51.2 Å². The summed E-state index contributed by atoms with van der Waals surface area (Å²) in [6.07, 6.45) is 3.85. The van der Waals surface area contributed by atoms with E-state index in [-0.39, 0.29) is 17.8 Å². The van der Waals surface area contributed by atoms with Crippen LogP contribution in [0, 0.1) is 35.5 Å². The number of para-hydroxylation sites is 1. The molecule has 11 heteroatoms. The van der Waals surface area contributed by atoms with Crippen LogP contribution in [0.15, 0.2) is 77.2 Å². The molecule has 3 aliphatic rings. The quantitative estimate of drug-likeness (QED) is 0.0793. The molecule has 4 heterocycles. The molecule has 3 fully saturated rings. The third-order valence-corrected chi connectivity index (χ3v) is 12.2. The van der Waals surface area contributed by atoms with Crippen LogP contribution in [0.2, 0.25) is 0 Å². The minimum Gasteiger partial charge on any atom is -0.481 e. The summed E-state index contributed by atoms with van der Waals surface area (Å²) in [5, 5.41) is 41.2. The van der Waals surface area contributed by atoms with Crippen LogP contribution in [0.1, 0.15) is 52.8 Å². The molecule has 6 N–H and O–H groups in total. The smallest absolute Gasteiger partial charge is 0.307 e. The van der Waals surface area contributed by atoms with Crippen LogP contribution in [0.3, 0.4) is 0 Å². The van der Waals surface area contributed by atoms with Crippen molar-refractivity contribution in [3.63, 3.8) is 0 Å². The molecule has 1 aromatic heterocycles. The molecule has 11 nitrogen and oxygen atoms in total. The summed E-state index contributed by atoms with van der Waals surface area (Å²) in [5.41, 5.74) is 5.89. The summed E-state index contributed by atoms with van der Waals surface area (Å²) < 4.78 is 6.48. The van der Waals surface area contributed by atoms with Crippen LogP contribution in [-0.4, -0.2) is 77.4 Å². The van der Waals surface area contributed by atoms with Gasteiger partial charge < -0.3 is 35.7 Å². The van der Waals surface area contributed by atoms with E-state index in [1.165, 1.54) is 0 Å².